The molecular formula is C13H16BrNO5S. The monoisotopic (exact) mass is 377 g/mol. The van der Waals surface area contributed by atoms with E-state index in [1.165, 1.54) is 0 Å². The molecule has 1 saturated heterocycles. The zero-order valence-corrected chi connectivity index (χ0v) is 13.6. The normalized spacial score (nSPS) is 20.3. The van der Waals surface area contributed by atoms with Crippen molar-refractivity contribution in [1.82, 2.24) is 4.90 Å². The number of sulfone groups is 1. The Morgan fingerprint density at radius 2 is 2.05 bits per heavy atom. The third kappa shape index (κ3) is 4.50. The van der Waals surface area contributed by atoms with Gasteiger partial charge in [0.1, 0.15) is 0 Å². The number of benzene rings is 1. The van der Waals surface area contributed by atoms with E-state index in [0.717, 1.165) is 4.47 Å². The van der Waals surface area contributed by atoms with Crippen molar-refractivity contribution in [3.05, 3.63) is 28.7 Å². The number of carbonyl (C=O) groups is 1. The number of carboxylic acid groups (broad SMARTS) is 1. The number of aliphatic carboxylic acids is 1. The van der Waals surface area contributed by atoms with Crippen LogP contribution in [0.5, 0.6) is 0 Å². The van der Waals surface area contributed by atoms with Gasteiger partial charge in [0, 0.05) is 24.1 Å². The standard InChI is InChI=1S/C13H16BrNO5S/c14-10-1-3-11(4-2-10)21(18,19)8-6-15-5-7-20-12(9-15)13(16)17/h1-4,12H,5-9H2,(H,16,17). The molecule has 1 unspecified atom stereocenters. The smallest absolute Gasteiger partial charge is 0.334 e. The van der Waals surface area contributed by atoms with Gasteiger partial charge in [-0.2, -0.15) is 0 Å². The molecule has 1 aromatic carbocycles. The molecule has 0 spiro atoms. The summed E-state index contributed by atoms with van der Waals surface area (Å²) >= 11 is 3.26. The SMILES string of the molecule is O=C(O)C1CN(CCS(=O)(=O)c2ccc(Br)cc2)CCO1. The minimum absolute atomic E-state index is 0.0407. The largest absolute Gasteiger partial charge is 0.479 e. The van der Waals surface area contributed by atoms with Gasteiger partial charge < -0.3 is 9.84 Å². The molecule has 0 saturated carbocycles. The highest BCUT2D eigenvalue weighted by atomic mass is 79.9. The van der Waals surface area contributed by atoms with Gasteiger partial charge in [-0.1, -0.05) is 15.9 Å². The van der Waals surface area contributed by atoms with Crippen LogP contribution < -0.4 is 0 Å². The Kier molecular flexibility index (Phi) is 5.37. The average molecular weight is 378 g/mol. The molecule has 1 fully saturated rings. The third-order valence-electron chi connectivity index (χ3n) is 3.28. The Morgan fingerprint density at radius 3 is 2.67 bits per heavy atom. The molecule has 0 radical (unpaired) electrons. The molecule has 21 heavy (non-hydrogen) atoms. The number of nitrogens with zero attached hydrogens (tertiary/aromatic N) is 1. The molecule has 1 heterocycles. The minimum Gasteiger partial charge on any atom is -0.479 e. The lowest BCUT2D eigenvalue weighted by Gasteiger charge is -2.30. The Bertz CT molecular complexity index is 601. The number of hydrogen-bond donors (Lipinski definition) is 1. The molecule has 2 rings (SSSR count). The minimum atomic E-state index is -3.36. The summed E-state index contributed by atoms with van der Waals surface area (Å²) in [5.74, 6) is -1.06. The van der Waals surface area contributed by atoms with E-state index in [4.69, 9.17) is 9.84 Å². The average Bonchev–Trinajstić information content (AvgIpc) is 2.46. The lowest BCUT2D eigenvalue weighted by atomic mass is 10.3. The first-order chi connectivity index (χ1) is 9.88. The van der Waals surface area contributed by atoms with Crippen LogP contribution in [0.15, 0.2) is 33.6 Å². The molecule has 8 heteroatoms. The lowest BCUT2D eigenvalue weighted by molar-refractivity contribution is -0.155. The molecule has 0 amide bonds. The maximum atomic E-state index is 12.2. The van der Waals surface area contributed by atoms with Crippen LogP contribution in [0.3, 0.4) is 0 Å². The molecule has 0 bridgehead atoms. The number of halogens is 1. The molecule has 1 aliphatic rings. The molecule has 1 N–H and O–H groups in total. The van der Waals surface area contributed by atoms with E-state index in [9.17, 15) is 13.2 Å². The number of hydrogen-bond acceptors (Lipinski definition) is 5. The van der Waals surface area contributed by atoms with Gasteiger partial charge in [0.05, 0.1) is 17.3 Å². The van der Waals surface area contributed by atoms with E-state index in [1.54, 1.807) is 29.2 Å². The fraction of sp³-hybridized carbons (Fsp3) is 0.462. The molecule has 6 nitrogen and oxygen atoms in total. The van der Waals surface area contributed by atoms with Crippen LogP contribution >= 0.6 is 15.9 Å². The van der Waals surface area contributed by atoms with Crippen LogP contribution in [-0.4, -0.2) is 62.5 Å². The summed E-state index contributed by atoms with van der Waals surface area (Å²) in [7, 11) is -3.36. The Hall–Kier alpha value is -0.960. The van der Waals surface area contributed by atoms with Crippen molar-refractivity contribution in [3.8, 4) is 0 Å². The number of ether oxygens (including phenoxy) is 1. The molecule has 1 atom stereocenters. The third-order valence-corrected chi connectivity index (χ3v) is 5.51. The second-order valence-corrected chi connectivity index (χ2v) is 7.80. The van der Waals surface area contributed by atoms with Gasteiger partial charge in [-0.25, -0.2) is 13.2 Å². The van der Waals surface area contributed by atoms with Gasteiger partial charge in [0.25, 0.3) is 0 Å². The summed E-state index contributed by atoms with van der Waals surface area (Å²) < 4.78 is 30.3. The summed E-state index contributed by atoms with van der Waals surface area (Å²) in [6.45, 7) is 1.35. The molecule has 0 aliphatic carbocycles. The second-order valence-electron chi connectivity index (χ2n) is 4.77. The molecule has 1 aliphatic heterocycles. The van der Waals surface area contributed by atoms with Crippen molar-refractivity contribution < 1.29 is 23.1 Å². The van der Waals surface area contributed by atoms with Crippen molar-refractivity contribution in [2.45, 2.75) is 11.0 Å². The number of morpholine rings is 1. The van der Waals surface area contributed by atoms with Crippen LogP contribution in [-0.2, 0) is 19.4 Å². The highest BCUT2D eigenvalue weighted by molar-refractivity contribution is 9.10. The molecule has 0 aromatic heterocycles. The first kappa shape index (κ1) is 16.4. The van der Waals surface area contributed by atoms with Crippen molar-refractivity contribution in [2.75, 3.05) is 32.0 Å². The summed E-state index contributed by atoms with van der Waals surface area (Å²) in [6.07, 6.45) is -0.880. The second kappa shape index (κ2) is 6.87. The zero-order valence-electron chi connectivity index (χ0n) is 11.2. The predicted molar refractivity (Wildman–Crippen MR) is 80.0 cm³/mol. The van der Waals surface area contributed by atoms with E-state index in [1.807, 2.05) is 0 Å². The fourth-order valence-electron chi connectivity index (χ4n) is 2.06. The van der Waals surface area contributed by atoms with E-state index in [0.29, 0.717) is 19.7 Å². The topological polar surface area (TPSA) is 83.9 Å². The van der Waals surface area contributed by atoms with E-state index >= 15 is 0 Å². The van der Waals surface area contributed by atoms with Crippen molar-refractivity contribution in [3.63, 3.8) is 0 Å². The van der Waals surface area contributed by atoms with E-state index in [-0.39, 0.29) is 17.2 Å². The lowest BCUT2D eigenvalue weighted by Crippen LogP contribution is -2.47. The Labute approximate surface area is 131 Å². The summed E-state index contributed by atoms with van der Waals surface area (Å²) in [6, 6.07) is 6.47. The zero-order chi connectivity index (χ0) is 15.5. The van der Waals surface area contributed by atoms with Gasteiger partial charge in [-0.15, -0.1) is 0 Å². The van der Waals surface area contributed by atoms with E-state index < -0.39 is 21.9 Å². The van der Waals surface area contributed by atoms with Crippen LogP contribution in [0, 0.1) is 0 Å². The first-order valence-corrected chi connectivity index (χ1v) is 8.88. The van der Waals surface area contributed by atoms with Gasteiger partial charge in [0.15, 0.2) is 15.9 Å². The van der Waals surface area contributed by atoms with E-state index in [2.05, 4.69) is 15.9 Å². The maximum Gasteiger partial charge on any atom is 0.334 e. The van der Waals surface area contributed by atoms with Gasteiger partial charge in [0.2, 0.25) is 0 Å². The maximum absolute atomic E-state index is 12.2. The molecule has 1 aromatic rings. The van der Waals surface area contributed by atoms with Crippen LogP contribution in [0.25, 0.3) is 0 Å². The van der Waals surface area contributed by atoms with Gasteiger partial charge in [-0.3, -0.25) is 4.90 Å². The van der Waals surface area contributed by atoms with Crippen molar-refractivity contribution in [2.24, 2.45) is 0 Å². The molecule has 116 valence electrons. The van der Waals surface area contributed by atoms with Crippen molar-refractivity contribution in [1.29, 1.82) is 0 Å². The molecular weight excluding hydrogens is 362 g/mol. The highest BCUT2D eigenvalue weighted by Crippen LogP contribution is 2.16. The number of carboxylic acids is 1. The Balaban J connectivity index is 1.95. The van der Waals surface area contributed by atoms with Crippen molar-refractivity contribution >= 4 is 31.7 Å². The quantitative estimate of drug-likeness (QED) is 0.824. The van der Waals surface area contributed by atoms with Crippen LogP contribution in [0.4, 0.5) is 0 Å². The van der Waals surface area contributed by atoms with Gasteiger partial charge >= 0.3 is 5.97 Å². The van der Waals surface area contributed by atoms with Crippen LogP contribution in [0.2, 0.25) is 0 Å². The number of rotatable bonds is 5. The first-order valence-electron chi connectivity index (χ1n) is 6.43. The van der Waals surface area contributed by atoms with Gasteiger partial charge in [-0.05, 0) is 24.3 Å². The summed E-state index contributed by atoms with van der Waals surface area (Å²) in [4.78, 5) is 13.0. The highest BCUT2D eigenvalue weighted by Gasteiger charge is 2.27. The fourth-order valence-corrected chi connectivity index (χ4v) is 3.61. The predicted octanol–water partition coefficient (Wildman–Crippen LogP) is 1.01. The summed E-state index contributed by atoms with van der Waals surface area (Å²) in [5.41, 5.74) is 0. The Morgan fingerprint density at radius 1 is 1.38 bits per heavy atom. The van der Waals surface area contributed by atoms with Crippen LogP contribution in [0.1, 0.15) is 0 Å². The summed E-state index contributed by atoms with van der Waals surface area (Å²) in [5, 5.41) is 8.91.